The zero-order valence-corrected chi connectivity index (χ0v) is 13.1. The predicted octanol–water partition coefficient (Wildman–Crippen LogP) is 2.09. The van der Waals surface area contributed by atoms with Crippen LogP contribution in [0.2, 0.25) is 0 Å². The summed E-state index contributed by atoms with van der Waals surface area (Å²) in [6.07, 6.45) is -5.13. The number of amides is 1. The maximum absolute atomic E-state index is 13.6. The number of aryl methyl sites for hydroxylation is 2. The van der Waals surface area contributed by atoms with Crippen molar-refractivity contribution in [1.29, 1.82) is 0 Å². The van der Waals surface area contributed by atoms with Gasteiger partial charge in [0.2, 0.25) is 5.95 Å². The molecule has 1 N–H and O–H groups in total. The maximum Gasteiger partial charge on any atom is 0.282 e. The molecule has 2 rings (SSSR count). The Balaban J connectivity index is 2.06. The minimum absolute atomic E-state index is 0.0372. The molecule has 12 heteroatoms. The highest BCUT2D eigenvalue weighted by Crippen LogP contribution is 2.24. The van der Waals surface area contributed by atoms with Gasteiger partial charge >= 0.3 is 0 Å². The molecule has 0 saturated carbocycles. The van der Waals surface area contributed by atoms with Gasteiger partial charge in [0, 0.05) is 7.05 Å². The van der Waals surface area contributed by atoms with E-state index in [4.69, 9.17) is 0 Å². The Kier molecular flexibility index (Phi) is 5.49. The fourth-order valence-corrected chi connectivity index (χ4v) is 1.99. The molecule has 0 aliphatic heterocycles. The lowest BCUT2D eigenvalue weighted by atomic mass is 10.3. The van der Waals surface area contributed by atoms with Gasteiger partial charge in [-0.3, -0.25) is 9.48 Å². The average molecular weight is 364 g/mol. The Bertz CT molecular complexity index is 797. The van der Waals surface area contributed by atoms with Crippen LogP contribution in [0.1, 0.15) is 35.5 Å². The first kappa shape index (κ1) is 18.5. The molecule has 2 aromatic heterocycles. The smallest absolute Gasteiger partial charge is 0.271 e. The van der Waals surface area contributed by atoms with E-state index in [-0.39, 0.29) is 5.56 Å². The Morgan fingerprint density at radius 3 is 2.52 bits per heavy atom. The third-order valence-electron chi connectivity index (χ3n) is 3.15. The topological polar surface area (TPSA) is 77.1 Å². The van der Waals surface area contributed by atoms with E-state index in [0.717, 1.165) is 10.9 Å². The van der Waals surface area contributed by atoms with Crippen molar-refractivity contribution in [3.05, 3.63) is 34.7 Å². The van der Waals surface area contributed by atoms with Crippen molar-refractivity contribution in [2.45, 2.75) is 26.3 Å². The number of hydrogen-bond donors (Lipinski definition) is 1. The van der Waals surface area contributed by atoms with Crippen LogP contribution in [0.3, 0.4) is 0 Å². The van der Waals surface area contributed by atoms with Crippen LogP contribution in [0.5, 0.6) is 0 Å². The standard InChI is InChI=1S/C13H13F5N6O/c1-6-7(13(18)23(2)21-6)4-19-20-10(25)5-24-9(12(16)17)3-8(22-24)11(14)15/h3-4,11-12H,5H2,1-2H3,(H,20,25). The molecule has 0 unspecified atom stereocenters. The summed E-state index contributed by atoms with van der Waals surface area (Å²) in [5.74, 6) is -1.58. The van der Waals surface area contributed by atoms with Gasteiger partial charge in [-0.25, -0.2) is 27.7 Å². The molecule has 1 amide bonds. The van der Waals surface area contributed by atoms with Crippen LogP contribution in [0.4, 0.5) is 22.0 Å². The van der Waals surface area contributed by atoms with Gasteiger partial charge in [-0.2, -0.15) is 19.7 Å². The molecular weight excluding hydrogens is 351 g/mol. The first-order valence-corrected chi connectivity index (χ1v) is 6.85. The lowest BCUT2D eigenvalue weighted by Crippen LogP contribution is -2.25. The maximum atomic E-state index is 13.6. The molecule has 0 saturated heterocycles. The molecule has 7 nitrogen and oxygen atoms in total. The second-order valence-corrected chi connectivity index (χ2v) is 4.96. The summed E-state index contributed by atoms with van der Waals surface area (Å²) >= 11 is 0. The second-order valence-electron chi connectivity index (χ2n) is 4.96. The first-order chi connectivity index (χ1) is 11.7. The fourth-order valence-electron chi connectivity index (χ4n) is 1.99. The van der Waals surface area contributed by atoms with E-state index in [9.17, 15) is 26.7 Å². The lowest BCUT2D eigenvalue weighted by Gasteiger charge is -2.05. The summed E-state index contributed by atoms with van der Waals surface area (Å²) in [6.45, 7) is 0.773. The van der Waals surface area contributed by atoms with Gasteiger partial charge in [-0.15, -0.1) is 0 Å². The van der Waals surface area contributed by atoms with Crippen molar-refractivity contribution in [2.75, 3.05) is 0 Å². The number of carbonyl (C=O) groups excluding carboxylic acids is 1. The van der Waals surface area contributed by atoms with Crippen molar-refractivity contribution in [3.63, 3.8) is 0 Å². The normalized spacial score (nSPS) is 11.9. The highest BCUT2D eigenvalue weighted by molar-refractivity contribution is 5.83. The molecule has 0 atom stereocenters. The molecule has 2 heterocycles. The summed E-state index contributed by atoms with van der Waals surface area (Å²) in [7, 11) is 1.38. The Labute approximate surface area is 138 Å². The molecule has 136 valence electrons. The zero-order valence-electron chi connectivity index (χ0n) is 13.1. The molecule has 0 bridgehead atoms. The van der Waals surface area contributed by atoms with Crippen LogP contribution < -0.4 is 5.43 Å². The van der Waals surface area contributed by atoms with E-state index in [1.165, 1.54) is 14.0 Å². The van der Waals surface area contributed by atoms with Crippen LogP contribution in [0.25, 0.3) is 0 Å². The number of hydrazone groups is 1. The van der Waals surface area contributed by atoms with Crippen molar-refractivity contribution in [1.82, 2.24) is 25.0 Å². The van der Waals surface area contributed by atoms with Crippen molar-refractivity contribution >= 4 is 12.1 Å². The van der Waals surface area contributed by atoms with E-state index in [1.807, 2.05) is 5.43 Å². The minimum atomic E-state index is -3.08. The first-order valence-electron chi connectivity index (χ1n) is 6.85. The van der Waals surface area contributed by atoms with Gasteiger partial charge < -0.3 is 0 Å². The molecule has 0 aromatic carbocycles. The van der Waals surface area contributed by atoms with Crippen LogP contribution in [0, 0.1) is 12.9 Å². The molecule has 0 aliphatic carbocycles. The number of hydrogen-bond acceptors (Lipinski definition) is 4. The monoisotopic (exact) mass is 364 g/mol. The summed E-state index contributed by atoms with van der Waals surface area (Å²) in [4.78, 5) is 11.7. The number of rotatable bonds is 6. The van der Waals surface area contributed by atoms with E-state index < -0.39 is 42.6 Å². The fraction of sp³-hybridized carbons (Fsp3) is 0.385. The second kappa shape index (κ2) is 7.40. The number of nitrogens with one attached hydrogen (secondary N) is 1. The third kappa shape index (κ3) is 4.19. The largest absolute Gasteiger partial charge is 0.282 e. The number of aromatic nitrogens is 4. The summed E-state index contributed by atoms with van der Waals surface area (Å²) in [5, 5.41) is 10.6. The van der Waals surface area contributed by atoms with Crippen molar-refractivity contribution < 1.29 is 26.7 Å². The number of alkyl halides is 4. The quantitative estimate of drug-likeness (QED) is 0.484. The van der Waals surface area contributed by atoms with Crippen LogP contribution in [0.15, 0.2) is 11.2 Å². The van der Waals surface area contributed by atoms with Gasteiger partial charge in [0.05, 0.1) is 17.5 Å². The molecule has 0 fully saturated rings. The van der Waals surface area contributed by atoms with Crippen LogP contribution in [-0.2, 0) is 18.4 Å². The lowest BCUT2D eigenvalue weighted by molar-refractivity contribution is -0.121. The molecule has 0 aliphatic rings. The van der Waals surface area contributed by atoms with Crippen molar-refractivity contribution in [2.24, 2.45) is 12.1 Å². The Hall–Kier alpha value is -2.79. The van der Waals surface area contributed by atoms with Crippen LogP contribution >= 0.6 is 0 Å². The van der Waals surface area contributed by atoms with Gasteiger partial charge in [0.25, 0.3) is 18.8 Å². The molecule has 0 spiro atoms. The third-order valence-corrected chi connectivity index (χ3v) is 3.15. The number of carbonyl (C=O) groups is 1. The highest BCUT2D eigenvalue weighted by atomic mass is 19.3. The van der Waals surface area contributed by atoms with E-state index in [2.05, 4.69) is 15.3 Å². The minimum Gasteiger partial charge on any atom is -0.271 e. The van der Waals surface area contributed by atoms with E-state index >= 15 is 0 Å². The van der Waals surface area contributed by atoms with Crippen LogP contribution in [-0.4, -0.2) is 31.7 Å². The Morgan fingerprint density at radius 2 is 2.00 bits per heavy atom. The predicted molar refractivity (Wildman–Crippen MR) is 75.8 cm³/mol. The average Bonchev–Trinajstić information content (AvgIpc) is 3.04. The Morgan fingerprint density at radius 1 is 1.32 bits per heavy atom. The van der Waals surface area contributed by atoms with E-state index in [0.29, 0.717) is 16.4 Å². The molecule has 0 radical (unpaired) electrons. The summed E-state index contributed by atoms with van der Waals surface area (Å²) in [6, 6.07) is 0.528. The highest BCUT2D eigenvalue weighted by Gasteiger charge is 2.22. The summed E-state index contributed by atoms with van der Waals surface area (Å²) in [5.41, 5.74) is 0.667. The van der Waals surface area contributed by atoms with Gasteiger partial charge in [0.1, 0.15) is 17.9 Å². The SMILES string of the molecule is Cc1nn(C)c(F)c1C=NNC(=O)Cn1nc(C(F)F)cc1C(F)F. The van der Waals surface area contributed by atoms with E-state index in [1.54, 1.807) is 0 Å². The van der Waals surface area contributed by atoms with Gasteiger partial charge in [-0.1, -0.05) is 0 Å². The van der Waals surface area contributed by atoms with Gasteiger partial charge in [0.15, 0.2) is 0 Å². The number of halogens is 5. The van der Waals surface area contributed by atoms with Crippen molar-refractivity contribution in [3.8, 4) is 0 Å². The summed E-state index contributed by atoms with van der Waals surface area (Å²) < 4.78 is 65.8. The zero-order chi connectivity index (χ0) is 18.7. The molecule has 2 aromatic rings. The molecule has 25 heavy (non-hydrogen) atoms. The van der Waals surface area contributed by atoms with Gasteiger partial charge in [-0.05, 0) is 13.0 Å². The molecular formula is C13H13F5N6O. The number of nitrogens with zero attached hydrogens (tertiary/aromatic N) is 5.